The van der Waals surface area contributed by atoms with Gasteiger partial charge in [0, 0.05) is 24.0 Å². The minimum Gasteiger partial charge on any atom is -0.477 e. The number of nitrogens with zero attached hydrogens (tertiary/aromatic N) is 1. The fraction of sp³-hybridized carbons (Fsp3) is 0.273. The minimum atomic E-state index is -3.68. The van der Waals surface area contributed by atoms with Gasteiger partial charge in [0.25, 0.3) is 0 Å². The van der Waals surface area contributed by atoms with E-state index < -0.39 is 16.0 Å². The highest BCUT2D eigenvalue weighted by molar-refractivity contribution is 7.91. The third-order valence-corrected chi connectivity index (χ3v) is 6.51. The van der Waals surface area contributed by atoms with Crippen molar-refractivity contribution in [3.8, 4) is 0 Å². The van der Waals surface area contributed by atoms with Gasteiger partial charge in [-0.25, -0.2) is 22.9 Å². The molecule has 0 bridgehead atoms. The fourth-order valence-electron chi connectivity index (χ4n) is 1.45. The molecule has 2 rings (SSSR count). The third kappa shape index (κ3) is 3.42. The second kappa shape index (κ2) is 6.00. The van der Waals surface area contributed by atoms with Crippen LogP contribution >= 0.6 is 22.7 Å². The predicted molar refractivity (Wildman–Crippen MR) is 77.0 cm³/mol. The number of carbonyl (C=O) groups is 1. The van der Waals surface area contributed by atoms with Crippen LogP contribution < -0.4 is 4.72 Å². The van der Waals surface area contributed by atoms with Gasteiger partial charge in [-0.3, -0.25) is 0 Å². The molecule has 6 nitrogen and oxygen atoms in total. The monoisotopic (exact) mass is 332 g/mol. The summed E-state index contributed by atoms with van der Waals surface area (Å²) < 4.78 is 26.5. The summed E-state index contributed by atoms with van der Waals surface area (Å²) in [5, 5.41) is 11.5. The van der Waals surface area contributed by atoms with Crippen molar-refractivity contribution in [2.24, 2.45) is 0 Å². The molecular weight excluding hydrogens is 320 g/mol. The van der Waals surface area contributed by atoms with Crippen molar-refractivity contribution >= 4 is 38.7 Å². The van der Waals surface area contributed by atoms with E-state index in [-0.39, 0.29) is 21.5 Å². The van der Waals surface area contributed by atoms with Crippen LogP contribution in [0.4, 0.5) is 0 Å². The summed E-state index contributed by atoms with van der Waals surface area (Å²) in [5.41, 5.74) is 0. The van der Waals surface area contributed by atoms with Gasteiger partial charge in [-0.05, 0) is 12.1 Å². The highest BCUT2D eigenvalue weighted by atomic mass is 32.2. The quantitative estimate of drug-likeness (QED) is 0.843. The molecule has 2 aromatic heterocycles. The first-order chi connectivity index (χ1) is 9.40. The van der Waals surface area contributed by atoms with E-state index in [1.54, 1.807) is 6.20 Å². The van der Waals surface area contributed by atoms with Crippen LogP contribution in [0.1, 0.15) is 27.5 Å². The van der Waals surface area contributed by atoms with Crippen molar-refractivity contribution < 1.29 is 18.3 Å². The Kier molecular flexibility index (Phi) is 4.53. The maximum absolute atomic E-state index is 12.0. The van der Waals surface area contributed by atoms with E-state index in [0.717, 1.165) is 16.3 Å². The highest BCUT2D eigenvalue weighted by Gasteiger charge is 2.20. The largest absolute Gasteiger partial charge is 0.477 e. The van der Waals surface area contributed by atoms with Gasteiger partial charge in [-0.1, -0.05) is 6.92 Å². The molecule has 0 saturated carbocycles. The lowest BCUT2D eigenvalue weighted by Crippen LogP contribution is -2.27. The molecule has 108 valence electrons. The second-order valence-electron chi connectivity index (χ2n) is 4.05. The van der Waals surface area contributed by atoms with Gasteiger partial charge in [-0.15, -0.1) is 22.7 Å². The molecule has 1 atom stereocenters. The number of sulfonamides is 1. The summed E-state index contributed by atoms with van der Waals surface area (Å²) in [4.78, 5) is 14.9. The van der Waals surface area contributed by atoms with Crippen LogP contribution in [-0.2, 0) is 10.0 Å². The van der Waals surface area contributed by atoms with Crippen LogP contribution in [0.5, 0.6) is 0 Å². The number of aromatic nitrogens is 1. The van der Waals surface area contributed by atoms with Gasteiger partial charge in [0.2, 0.25) is 10.0 Å². The van der Waals surface area contributed by atoms with Crippen molar-refractivity contribution in [3.63, 3.8) is 0 Å². The Morgan fingerprint density at radius 3 is 2.80 bits per heavy atom. The van der Waals surface area contributed by atoms with E-state index in [1.165, 1.54) is 23.5 Å². The van der Waals surface area contributed by atoms with Crippen LogP contribution in [0.3, 0.4) is 0 Å². The Balaban J connectivity index is 2.05. The summed E-state index contributed by atoms with van der Waals surface area (Å²) in [7, 11) is -3.68. The lowest BCUT2D eigenvalue weighted by atomic mass is 10.2. The number of hydrogen-bond donors (Lipinski definition) is 2. The van der Waals surface area contributed by atoms with Crippen LogP contribution in [0, 0.1) is 0 Å². The van der Waals surface area contributed by atoms with Crippen molar-refractivity contribution in [2.75, 3.05) is 6.54 Å². The molecule has 0 radical (unpaired) electrons. The van der Waals surface area contributed by atoms with Gasteiger partial charge in [0.05, 0.1) is 5.01 Å². The van der Waals surface area contributed by atoms with E-state index in [2.05, 4.69) is 9.71 Å². The van der Waals surface area contributed by atoms with Crippen molar-refractivity contribution in [1.82, 2.24) is 9.71 Å². The Morgan fingerprint density at radius 2 is 2.25 bits per heavy atom. The number of thiazole rings is 1. The molecule has 0 amide bonds. The lowest BCUT2D eigenvalue weighted by Gasteiger charge is -2.09. The number of aromatic carboxylic acids is 1. The Morgan fingerprint density at radius 1 is 1.50 bits per heavy atom. The number of nitrogens with one attached hydrogen (secondary N) is 1. The maximum Gasteiger partial charge on any atom is 0.345 e. The number of carboxylic acid groups (broad SMARTS) is 1. The molecule has 0 spiro atoms. The zero-order chi connectivity index (χ0) is 14.8. The summed E-state index contributed by atoms with van der Waals surface area (Å²) in [6.07, 6.45) is 1.67. The summed E-state index contributed by atoms with van der Waals surface area (Å²) >= 11 is 2.20. The third-order valence-electron chi connectivity index (χ3n) is 2.51. The van der Waals surface area contributed by atoms with Crippen LogP contribution in [0.25, 0.3) is 0 Å². The Labute approximate surface area is 124 Å². The molecule has 0 aliphatic carbocycles. The molecular formula is C11H12N2O4S3. The number of rotatable bonds is 6. The zero-order valence-corrected chi connectivity index (χ0v) is 12.9. The number of carboxylic acids is 1. The average molecular weight is 332 g/mol. The molecule has 20 heavy (non-hydrogen) atoms. The topological polar surface area (TPSA) is 96.4 Å². The van der Waals surface area contributed by atoms with E-state index in [1.807, 2.05) is 12.3 Å². The Bertz CT molecular complexity index is 691. The van der Waals surface area contributed by atoms with E-state index >= 15 is 0 Å². The van der Waals surface area contributed by atoms with Crippen LogP contribution in [-0.4, -0.2) is 31.0 Å². The smallest absolute Gasteiger partial charge is 0.345 e. The van der Waals surface area contributed by atoms with E-state index in [4.69, 9.17) is 5.11 Å². The first-order valence-corrected chi connectivity index (χ1v) is 8.80. The summed E-state index contributed by atoms with van der Waals surface area (Å²) in [6, 6.07) is 2.58. The molecule has 0 aliphatic rings. The Hall–Kier alpha value is -1.29. The number of hydrogen-bond acceptors (Lipinski definition) is 6. The maximum atomic E-state index is 12.0. The fourth-order valence-corrected chi connectivity index (χ4v) is 4.47. The van der Waals surface area contributed by atoms with Gasteiger partial charge in [0.1, 0.15) is 9.09 Å². The van der Waals surface area contributed by atoms with Gasteiger partial charge in [0.15, 0.2) is 0 Å². The van der Waals surface area contributed by atoms with Crippen molar-refractivity contribution in [3.05, 3.63) is 33.6 Å². The van der Waals surface area contributed by atoms with Gasteiger partial charge >= 0.3 is 5.97 Å². The molecule has 0 aromatic carbocycles. The predicted octanol–water partition coefficient (Wildman–Crippen LogP) is 1.98. The van der Waals surface area contributed by atoms with Crippen LogP contribution in [0.2, 0.25) is 0 Å². The minimum absolute atomic E-state index is 0.00115. The normalized spacial score (nSPS) is 13.2. The molecule has 0 saturated heterocycles. The highest BCUT2D eigenvalue weighted by Crippen LogP contribution is 2.22. The second-order valence-corrected chi connectivity index (χ2v) is 8.05. The summed E-state index contributed by atoms with van der Waals surface area (Å²) in [6.45, 7) is 2.09. The molecule has 2 heterocycles. The molecule has 9 heteroatoms. The van der Waals surface area contributed by atoms with Crippen molar-refractivity contribution in [2.45, 2.75) is 17.1 Å². The van der Waals surface area contributed by atoms with Gasteiger partial charge in [-0.2, -0.15) is 0 Å². The average Bonchev–Trinajstić information content (AvgIpc) is 3.06. The molecule has 1 unspecified atom stereocenters. The standard InChI is InChI=1S/C11H12N2O4S3/c1-7(10-12-4-5-18-10)6-13-20(16,17)9-3-2-8(19-9)11(14)15/h2-5,7,13H,6H2,1H3,(H,14,15). The SMILES string of the molecule is CC(CNS(=O)(=O)c1ccc(C(=O)O)s1)c1nccs1. The van der Waals surface area contributed by atoms with Crippen molar-refractivity contribution in [1.29, 1.82) is 0 Å². The lowest BCUT2D eigenvalue weighted by molar-refractivity contribution is 0.0702. The first-order valence-electron chi connectivity index (χ1n) is 5.62. The number of thiophene rings is 1. The molecule has 0 aliphatic heterocycles. The first kappa shape index (κ1) is 15.1. The molecule has 2 aromatic rings. The summed E-state index contributed by atoms with van der Waals surface area (Å²) in [5.74, 6) is -1.17. The van der Waals surface area contributed by atoms with E-state index in [9.17, 15) is 13.2 Å². The van der Waals surface area contributed by atoms with E-state index in [0.29, 0.717) is 0 Å². The zero-order valence-electron chi connectivity index (χ0n) is 10.4. The van der Waals surface area contributed by atoms with Gasteiger partial charge < -0.3 is 5.11 Å². The van der Waals surface area contributed by atoms with Crippen LogP contribution in [0.15, 0.2) is 27.9 Å². The molecule has 2 N–H and O–H groups in total. The molecule has 0 fully saturated rings.